The van der Waals surface area contributed by atoms with E-state index in [-0.39, 0.29) is 10.9 Å². The van der Waals surface area contributed by atoms with Crippen LogP contribution in [0, 0.1) is 12.7 Å². The van der Waals surface area contributed by atoms with Crippen LogP contribution in [0.25, 0.3) is 10.9 Å². The predicted octanol–water partition coefficient (Wildman–Crippen LogP) is 3.36. The van der Waals surface area contributed by atoms with E-state index in [1.54, 1.807) is 6.92 Å². The number of aryl methyl sites for hydroxylation is 1. The van der Waals surface area contributed by atoms with Crippen molar-refractivity contribution in [2.75, 3.05) is 0 Å². The summed E-state index contributed by atoms with van der Waals surface area (Å²) < 4.78 is 50.3. The maximum atomic E-state index is 13.5. The number of alkyl halides is 3. The van der Waals surface area contributed by atoms with Gasteiger partial charge in [0.25, 0.3) is 5.78 Å². The first kappa shape index (κ1) is 11.6. The molecular formula is C11H7F4NO. The maximum absolute atomic E-state index is 13.5. The standard InChI is InChI=1S/C11H7F4NO/c1-5-2-7(12)9-6(4-16-8(9)3-5)10(17)11(13,14)15/h2-4,16H,1H3. The first-order valence-corrected chi connectivity index (χ1v) is 4.69. The zero-order valence-electron chi connectivity index (χ0n) is 8.65. The number of carbonyl (C=O) groups is 1. The highest BCUT2D eigenvalue weighted by atomic mass is 19.4. The molecule has 1 aromatic carbocycles. The summed E-state index contributed by atoms with van der Waals surface area (Å²) in [5, 5.41) is -0.321. The summed E-state index contributed by atoms with van der Waals surface area (Å²) in [7, 11) is 0. The minimum Gasteiger partial charge on any atom is -0.360 e. The molecule has 1 N–H and O–H groups in total. The van der Waals surface area contributed by atoms with Gasteiger partial charge in [-0.25, -0.2) is 4.39 Å². The molecule has 6 heteroatoms. The summed E-state index contributed by atoms with van der Waals surface area (Å²) in [6.07, 6.45) is -4.13. The van der Waals surface area contributed by atoms with Crippen LogP contribution in [0.5, 0.6) is 0 Å². The van der Waals surface area contributed by atoms with E-state index in [1.165, 1.54) is 6.07 Å². The molecule has 0 bridgehead atoms. The quantitative estimate of drug-likeness (QED) is 0.606. The van der Waals surface area contributed by atoms with Crippen molar-refractivity contribution in [3.05, 3.63) is 35.3 Å². The molecule has 2 nitrogen and oxygen atoms in total. The second-order valence-electron chi connectivity index (χ2n) is 3.70. The predicted molar refractivity (Wildman–Crippen MR) is 53.4 cm³/mol. The van der Waals surface area contributed by atoms with Crippen molar-refractivity contribution in [2.45, 2.75) is 13.1 Å². The van der Waals surface area contributed by atoms with E-state index in [2.05, 4.69) is 4.98 Å². The number of hydrogen-bond donors (Lipinski definition) is 1. The zero-order valence-corrected chi connectivity index (χ0v) is 8.65. The van der Waals surface area contributed by atoms with E-state index >= 15 is 0 Å². The Morgan fingerprint density at radius 2 is 1.94 bits per heavy atom. The molecule has 90 valence electrons. The lowest BCUT2D eigenvalue weighted by Gasteiger charge is -2.04. The Kier molecular flexibility index (Phi) is 2.45. The first-order chi connectivity index (χ1) is 7.80. The van der Waals surface area contributed by atoms with Crippen LogP contribution in [-0.2, 0) is 0 Å². The average molecular weight is 245 g/mol. The molecule has 0 aliphatic carbocycles. The summed E-state index contributed by atoms with van der Waals surface area (Å²) in [6.45, 7) is 1.61. The van der Waals surface area contributed by atoms with Gasteiger partial charge in [0.05, 0.1) is 5.56 Å². The summed E-state index contributed by atoms with van der Waals surface area (Å²) in [5.41, 5.74) is 0.0444. The molecule has 0 unspecified atom stereocenters. The Labute approximate surface area is 93.2 Å². The van der Waals surface area contributed by atoms with Crippen LogP contribution < -0.4 is 0 Å². The molecule has 0 radical (unpaired) electrons. The van der Waals surface area contributed by atoms with Gasteiger partial charge in [0, 0.05) is 17.1 Å². The number of H-pyrrole nitrogens is 1. The van der Waals surface area contributed by atoms with E-state index in [0.717, 1.165) is 12.3 Å². The third kappa shape index (κ3) is 1.90. The monoisotopic (exact) mass is 245 g/mol. The van der Waals surface area contributed by atoms with Crippen molar-refractivity contribution >= 4 is 16.7 Å². The molecule has 0 aliphatic heterocycles. The van der Waals surface area contributed by atoms with Crippen LogP contribution in [-0.4, -0.2) is 16.9 Å². The molecule has 17 heavy (non-hydrogen) atoms. The second kappa shape index (κ2) is 3.58. The van der Waals surface area contributed by atoms with Crippen molar-refractivity contribution in [1.29, 1.82) is 0 Å². The van der Waals surface area contributed by atoms with Gasteiger partial charge in [0.2, 0.25) is 0 Å². The molecule has 0 amide bonds. The lowest BCUT2D eigenvalue weighted by atomic mass is 10.1. The molecule has 0 saturated carbocycles. The van der Waals surface area contributed by atoms with Crippen LogP contribution >= 0.6 is 0 Å². The fraction of sp³-hybridized carbons (Fsp3) is 0.182. The van der Waals surface area contributed by atoms with Crippen molar-refractivity contribution < 1.29 is 22.4 Å². The number of nitrogens with one attached hydrogen (secondary N) is 1. The number of ketones is 1. The Morgan fingerprint density at radius 3 is 2.53 bits per heavy atom. The minimum absolute atomic E-state index is 0.176. The normalized spacial score (nSPS) is 12.1. The van der Waals surface area contributed by atoms with Gasteiger partial charge < -0.3 is 4.98 Å². The average Bonchev–Trinajstić information content (AvgIpc) is 2.58. The third-order valence-corrected chi connectivity index (χ3v) is 2.38. The topological polar surface area (TPSA) is 32.9 Å². The van der Waals surface area contributed by atoms with Crippen molar-refractivity contribution in [1.82, 2.24) is 4.98 Å². The van der Waals surface area contributed by atoms with Crippen LogP contribution in [0.15, 0.2) is 18.3 Å². The van der Waals surface area contributed by atoms with Crippen molar-refractivity contribution in [3.8, 4) is 0 Å². The van der Waals surface area contributed by atoms with Gasteiger partial charge in [0.15, 0.2) is 0 Å². The number of carbonyl (C=O) groups excluding carboxylic acids is 1. The highest BCUT2D eigenvalue weighted by Crippen LogP contribution is 2.29. The molecule has 2 rings (SSSR count). The molecule has 0 saturated heterocycles. The fourth-order valence-corrected chi connectivity index (χ4v) is 1.68. The minimum atomic E-state index is -5.01. The Balaban J connectivity index is 2.69. The molecule has 0 fully saturated rings. The van der Waals surface area contributed by atoms with Gasteiger partial charge in [0.1, 0.15) is 5.82 Å². The van der Waals surface area contributed by atoms with Crippen LogP contribution in [0.3, 0.4) is 0 Å². The van der Waals surface area contributed by atoms with Gasteiger partial charge in [-0.15, -0.1) is 0 Å². The molecule has 1 heterocycles. The Hall–Kier alpha value is -1.85. The lowest BCUT2D eigenvalue weighted by Crippen LogP contribution is -2.22. The smallest absolute Gasteiger partial charge is 0.360 e. The summed E-state index contributed by atoms with van der Waals surface area (Å²) in [5.74, 6) is -2.89. The zero-order chi connectivity index (χ0) is 12.8. The largest absolute Gasteiger partial charge is 0.454 e. The number of halogens is 4. The molecule has 0 atom stereocenters. The molecule has 0 spiro atoms. The van der Waals surface area contributed by atoms with Crippen LogP contribution in [0.1, 0.15) is 15.9 Å². The van der Waals surface area contributed by atoms with Gasteiger partial charge in [-0.1, -0.05) is 0 Å². The third-order valence-electron chi connectivity index (χ3n) is 2.38. The second-order valence-corrected chi connectivity index (χ2v) is 3.70. The molecule has 1 aromatic heterocycles. The molecule has 2 aromatic rings. The van der Waals surface area contributed by atoms with E-state index < -0.39 is 23.3 Å². The number of fused-ring (bicyclic) bond motifs is 1. The van der Waals surface area contributed by atoms with Crippen LogP contribution in [0.4, 0.5) is 17.6 Å². The maximum Gasteiger partial charge on any atom is 0.454 e. The van der Waals surface area contributed by atoms with Gasteiger partial charge in [-0.2, -0.15) is 13.2 Å². The van der Waals surface area contributed by atoms with Crippen LogP contribution in [0.2, 0.25) is 0 Å². The number of aromatic amines is 1. The molecular weight excluding hydrogens is 238 g/mol. The lowest BCUT2D eigenvalue weighted by molar-refractivity contribution is -0.0884. The summed E-state index contributed by atoms with van der Waals surface area (Å²) >= 11 is 0. The number of rotatable bonds is 1. The SMILES string of the molecule is Cc1cc(F)c2c(C(=O)C(F)(F)F)c[nH]c2c1. The van der Waals surface area contributed by atoms with E-state index in [9.17, 15) is 22.4 Å². The highest BCUT2D eigenvalue weighted by Gasteiger charge is 2.40. The van der Waals surface area contributed by atoms with E-state index in [4.69, 9.17) is 0 Å². The fourth-order valence-electron chi connectivity index (χ4n) is 1.68. The van der Waals surface area contributed by atoms with Gasteiger partial charge in [-0.3, -0.25) is 4.79 Å². The van der Waals surface area contributed by atoms with Gasteiger partial charge >= 0.3 is 6.18 Å². The first-order valence-electron chi connectivity index (χ1n) is 4.69. The van der Waals surface area contributed by atoms with E-state index in [1.807, 2.05) is 0 Å². The number of benzene rings is 1. The number of Topliss-reactive ketones (excluding diaryl/α,β-unsaturated/α-hetero) is 1. The Bertz CT molecular complexity index is 597. The highest BCUT2D eigenvalue weighted by molar-refractivity contribution is 6.10. The number of hydrogen-bond acceptors (Lipinski definition) is 1. The van der Waals surface area contributed by atoms with E-state index in [0.29, 0.717) is 5.56 Å². The summed E-state index contributed by atoms with van der Waals surface area (Å²) in [6, 6.07) is 2.56. The van der Waals surface area contributed by atoms with Gasteiger partial charge in [-0.05, 0) is 24.6 Å². The van der Waals surface area contributed by atoms with Crippen molar-refractivity contribution in [2.24, 2.45) is 0 Å². The Morgan fingerprint density at radius 1 is 1.29 bits per heavy atom. The van der Waals surface area contributed by atoms with Crippen molar-refractivity contribution in [3.63, 3.8) is 0 Å². The number of aromatic nitrogens is 1. The summed E-state index contributed by atoms with van der Waals surface area (Å²) in [4.78, 5) is 13.5. The molecule has 0 aliphatic rings.